The molecule has 0 bridgehead atoms. The van der Waals surface area contributed by atoms with Crippen LogP contribution in [0.1, 0.15) is 57.7 Å². The van der Waals surface area contributed by atoms with Crippen LogP contribution in [0, 0.1) is 6.92 Å². The number of hydrogen-bond acceptors (Lipinski definition) is 6. The van der Waals surface area contributed by atoms with Gasteiger partial charge in [0.25, 0.3) is 11.8 Å². The van der Waals surface area contributed by atoms with E-state index >= 15 is 0 Å². The van der Waals surface area contributed by atoms with Crippen LogP contribution in [0.3, 0.4) is 0 Å². The number of carbonyl (C=O) groups excluding carboxylic acids is 2. The molecule has 4 aromatic rings. The van der Waals surface area contributed by atoms with Gasteiger partial charge < -0.3 is 14.5 Å². The highest BCUT2D eigenvalue weighted by Crippen LogP contribution is 2.34. The maximum Gasteiger partial charge on any atom is 0.416 e. The van der Waals surface area contributed by atoms with Crippen LogP contribution in [-0.4, -0.2) is 94.0 Å². The number of benzene rings is 2. The quantitative estimate of drug-likeness (QED) is 0.209. The summed E-state index contributed by atoms with van der Waals surface area (Å²) in [5.74, 6) is 1.03. The van der Waals surface area contributed by atoms with E-state index in [1.165, 1.54) is 12.1 Å². The number of carbonyl (C=O) groups is 2. The Morgan fingerprint density at radius 2 is 1.79 bits per heavy atom. The Hall–Kier alpha value is -4.71. The number of fused-ring (bicyclic) bond motifs is 3. The molecule has 2 amide bonds. The lowest BCUT2D eigenvalue weighted by Crippen LogP contribution is -2.49. The molecule has 12 heteroatoms. The molecular weight excluding hydrogens is 621 g/mol. The number of ether oxygens (including phenoxy) is 1. The van der Waals surface area contributed by atoms with Gasteiger partial charge in [-0.3, -0.25) is 23.9 Å². The van der Waals surface area contributed by atoms with E-state index < -0.39 is 11.7 Å². The van der Waals surface area contributed by atoms with Gasteiger partial charge in [0.15, 0.2) is 5.69 Å². The Morgan fingerprint density at radius 3 is 2.56 bits per heavy atom. The topological polar surface area (TPSA) is 82.8 Å². The predicted molar refractivity (Wildman–Crippen MR) is 176 cm³/mol. The van der Waals surface area contributed by atoms with Crippen molar-refractivity contribution in [3.8, 4) is 17.1 Å². The molecule has 0 N–H and O–H groups in total. The zero-order valence-electron chi connectivity index (χ0n) is 26.7. The number of nitrogens with zero attached hydrogens (tertiary/aromatic N) is 6. The minimum Gasteiger partial charge on any atom is -0.493 e. The van der Waals surface area contributed by atoms with Gasteiger partial charge >= 0.3 is 6.18 Å². The molecule has 5 heterocycles. The summed E-state index contributed by atoms with van der Waals surface area (Å²) in [6.45, 7) is 6.76. The average Bonchev–Trinajstić information content (AvgIpc) is 3.70. The molecule has 2 aromatic heterocycles. The van der Waals surface area contributed by atoms with Gasteiger partial charge in [0.05, 0.1) is 35.0 Å². The number of alkyl halides is 3. The summed E-state index contributed by atoms with van der Waals surface area (Å²) in [5.41, 5.74) is 2.90. The number of rotatable bonds is 8. The molecule has 250 valence electrons. The first-order chi connectivity index (χ1) is 23.2. The monoisotopic (exact) mass is 658 g/mol. The fourth-order valence-electron chi connectivity index (χ4n) is 6.78. The van der Waals surface area contributed by atoms with Crippen molar-refractivity contribution in [1.29, 1.82) is 0 Å². The van der Waals surface area contributed by atoms with E-state index in [1.54, 1.807) is 27.6 Å². The van der Waals surface area contributed by atoms with Gasteiger partial charge in [0.1, 0.15) is 11.6 Å². The number of aliphatic imine (C=N–C) groups is 1. The molecule has 0 spiro atoms. The highest BCUT2D eigenvalue weighted by Gasteiger charge is 2.33. The minimum absolute atomic E-state index is 0.0441. The van der Waals surface area contributed by atoms with Crippen LogP contribution in [0.15, 0.2) is 65.8 Å². The van der Waals surface area contributed by atoms with Crippen molar-refractivity contribution in [3.63, 3.8) is 0 Å². The molecule has 2 fully saturated rings. The lowest BCUT2D eigenvalue weighted by molar-refractivity contribution is -0.137. The lowest BCUT2D eigenvalue weighted by Gasteiger charge is -2.34. The second kappa shape index (κ2) is 13.1. The van der Waals surface area contributed by atoms with Crippen molar-refractivity contribution >= 4 is 29.2 Å². The van der Waals surface area contributed by atoms with Crippen molar-refractivity contribution in [1.82, 2.24) is 24.1 Å². The van der Waals surface area contributed by atoms with Crippen molar-refractivity contribution < 1.29 is 27.5 Å². The molecule has 9 nitrogen and oxygen atoms in total. The van der Waals surface area contributed by atoms with Gasteiger partial charge in [-0.1, -0.05) is 18.2 Å². The molecule has 0 saturated carbocycles. The second-order valence-electron chi connectivity index (χ2n) is 12.6. The largest absolute Gasteiger partial charge is 0.493 e. The van der Waals surface area contributed by atoms with Crippen LogP contribution in [0.4, 0.5) is 18.9 Å². The summed E-state index contributed by atoms with van der Waals surface area (Å²) in [6, 6.07) is 14.1. The van der Waals surface area contributed by atoms with Crippen LogP contribution in [0.2, 0.25) is 0 Å². The van der Waals surface area contributed by atoms with E-state index in [9.17, 15) is 22.8 Å². The third-order valence-electron chi connectivity index (χ3n) is 9.48. The van der Waals surface area contributed by atoms with Gasteiger partial charge in [0, 0.05) is 56.8 Å². The highest BCUT2D eigenvalue weighted by atomic mass is 19.4. The Morgan fingerprint density at radius 1 is 1.00 bits per heavy atom. The van der Waals surface area contributed by atoms with Gasteiger partial charge in [-0.15, -0.1) is 0 Å². The second-order valence-corrected chi connectivity index (χ2v) is 12.6. The SMILES string of the molecule is Cc1cc2c(cc1OCCCCN1CCN(C(=O)c3nc(-c4ccc(C(F)(F)F)cc4)n4ccccc34)CC1)N=C[C@@H]1CCCN1C2=O. The number of halogens is 3. The maximum absolute atomic E-state index is 13.6. The molecule has 1 atom stereocenters. The molecule has 2 aromatic carbocycles. The van der Waals surface area contributed by atoms with Crippen LogP contribution in [0.5, 0.6) is 5.75 Å². The predicted octanol–water partition coefficient (Wildman–Crippen LogP) is 6.27. The fraction of sp³-hybridized carbons (Fsp3) is 0.389. The molecule has 3 aliphatic heterocycles. The van der Waals surface area contributed by atoms with E-state index in [2.05, 4.69) is 14.9 Å². The first-order valence-corrected chi connectivity index (χ1v) is 16.5. The van der Waals surface area contributed by atoms with Crippen molar-refractivity contribution in [2.45, 2.75) is 44.8 Å². The first-order valence-electron chi connectivity index (χ1n) is 16.5. The fourth-order valence-corrected chi connectivity index (χ4v) is 6.78. The lowest BCUT2D eigenvalue weighted by atomic mass is 10.1. The number of piperazine rings is 1. The number of amides is 2. The molecule has 0 unspecified atom stereocenters. The van der Waals surface area contributed by atoms with Gasteiger partial charge in [-0.25, -0.2) is 4.98 Å². The Bertz CT molecular complexity index is 1860. The number of imidazole rings is 1. The van der Waals surface area contributed by atoms with E-state index in [1.807, 2.05) is 36.2 Å². The Balaban J connectivity index is 0.911. The Labute approximate surface area is 276 Å². The zero-order chi connectivity index (χ0) is 33.4. The van der Waals surface area contributed by atoms with Crippen LogP contribution in [-0.2, 0) is 6.18 Å². The van der Waals surface area contributed by atoms with Crippen molar-refractivity contribution in [2.24, 2.45) is 4.99 Å². The zero-order valence-corrected chi connectivity index (χ0v) is 26.7. The first kappa shape index (κ1) is 31.9. The van der Waals surface area contributed by atoms with Crippen molar-refractivity contribution in [2.75, 3.05) is 45.9 Å². The minimum atomic E-state index is -4.43. The summed E-state index contributed by atoms with van der Waals surface area (Å²) < 4.78 is 47.2. The van der Waals surface area contributed by atoms with E-state index in [4.69, 9.17) is 4.74 Å². The number of hydrogen-bond donors (Lipinski definition) is 0. The molecule has 0 aliphatic carbocycles. The maximum atomic E-state index is 13.6. The molecular formula is C36H37F3N6O3. The summed E-state index contributed by atoms with van der Waals surface area (Å²) >= 11 is 0. The number of aryl methyl sites for hydroxylation is 1. The molecule has 48 heavy (non-hydrogen) atoms. The summed E-state index contributed by atoms with van der Waals surface area (Å²) in [6.07, 6.45) is 2.98. The third-order valence-corrected chi connectivity index (χ3v) is 9.48. The van der Waals surface area contributed by atoms with Gasteiger partial charge in [0.2, 0.25) is 0 Å². The number of unbranched alkanes of at least 4 members (excludes halogenated alkanes) is 1. The smallest absolute Gasteiger partial charge is 0.416 e. The normalized spacial score (nSPS) is 18.2. The summed E-state index contributed by atoms with van der Waals surface area (Å²) in [4.78, 5) is 42.0. The average molecular weight is 659 g/mol. The third kappa shape index (κ3) is 6.28. The van der Waals surface area contributed by atoms with E-state index in [-0.39, 0.29) is 17.9 Å². The van der Waals surface area contributed by atoms with Crippen LogP contribution < -0.4 is 4.74 Å². The highest BCUT2D eigenvalue weighted by molar-refractivity contribution is 6.03. The standard InChI is InChI=1S/C36H37F3N6O3/c1-24-21-28-29(40-23-27-7-6-15-44(27)34(28)46)22-31(24)48-20-5-4-13-42-16-18-43(19-17-42)35(47)32-30-8-2-3-14-45(30)33(41-32)25-9-11-26(12-10-25)36(37,38)39/h2-3,8-12,14,21-23,27H,4-7,13,15-20H2,1H3/t27-/m0/s1. The summed E-state index contributed by atoms with van der Waals surface area (Å²) in [5, 5.41) is 0. The number of pyridine rings is 1. The molecule has 3 aliphatic rings. The van der Waals surface area contributed by atoms with E-state index in [0.29, 0.717) is 53.5 Å². The van der Waals surface area contributed by atoms with Crippen molar-refractivity contribution in [3.05, 3.63) is 83.2 Å². The molecule has 2 saturated heterocycles. The molecule has 0 radical (unpaired) electrons. The van der Waals surface area contributed by atoms with Crippen LogP contribution >= 0.6 is 0 Å². The van der Waals surface area contributed by atoms with E-state index in [0.717, 1.165) is 75.3 Å². The van der Waals surface area contributed by atoms with Crippen LogP contribution in [0.25, 0.3) is 16.9 Å². The summed E-state index contributed by atoms with van der Waals surface area (Å²) in [7, 11) is 0. The molecule has 7 rings (SSSR count). The van der Waals surface area contributed by atoms with Gasteiger partial charge in [-0.05, 0) is 75.0 Å². The number of aromatic nitrogens is 2. The Kier molecular flexibility index (Phi) is 8.67. The van der Waals surface area contributed by atoms with Gasteiger partial charge in [-0.2, -0.15) is 13.2 Å².